The Morgan fingerprint density at radius 2 is 1.89 bits per heavy atom. The molecule has 0 saturated carbocycles. The van der Waals surface area contributed by atoms with Crippen molar-refractivity contribution < 1.29 is 5.11 Å². The van der Waals surface area contributed by atoms with E-state index in [9.17, 15) is 5.11 Å². The van der Waals surface area contributed by atoms with Gasteiger partial charge >= 0.3 is 0 Å². The molecule has 3 heteroatoms. The van der Waals surface area contributed by atoms with E-state index in [-0.39, 0.29) is 0 Å². The highest BCUT2D eigenvalue weighted by Gasteiger charge is 2.33. The molecule has 1 atom stereocenters. The Labute approximate surface area is 128 Å². The van der Waals surface area contributed by atoms with Crippen molar-refractivity contribution in [2.24, 2.45) is 5.41 Å². The van der Waals surface area contributed by atoms with Crippen molar-refractivity contribution in [2.45, 2.75) is 71.3 Å². The van der Waals surface area contributed by atoms with E-state index in [0.717, 1.165) is 11.8 Å². The van der Waals surface area contributed by atoms with Crippen molar-refractivity contribution in [1.82, 2.24) is 4.90 Å². The first-order valence-corrected chi connectivity index (χ1v) is 9.24. The highest BCUT2D eigenvalue weighted by Crippen LogP contribution is 2.35. The maximum atomic E-state index is 9.26. The normalized spacial score (nSPS) is 21.8. The number of hydrogen-bond acceptors (Lipinski definition) is 2. The predicted octanol–water partition coefficient (Wildman–Crippen LogP) is 4.20. The largest absolute Gasteiger partial charge is 0.396 e. The smallest absolute Gasteiger partial charge is 0.0445 e. The van der Waals surface area contributed by atoms with Crippen LogP contribution in [0, 0.1) is 5.41 Å². The van der Waals surface area contributed by atoms with Crippen LogP contribution in [0.5, 0.6) is 0 Å². The molecule has 1 aliphatic rings. The van der Waals surface area contributed by atoms with Gasteiger partial charge in [0.1, 0.15) is 0 Å². The molecule has 1 rings (SSSR count). The molecule has 0 spiro atoms. The number of aliphatic hydroxyl groups is 1. The molecule has 0 aromatic carbocycles. The summed E-state index contributed by atoms with van der Waals surface area (Å²) in [6, 6.07) is 0.617. The highest BCUT2D eigenvalue weighted by atomic mass is 79.9. The van der Waals surface area contributed by atoms with Gasteiger partial charge in [-0.3, -0.25) is 4.90 Å². The number of piperidine rings is 1. The van der Waals surface area contributed by atoms with Crippen LogP contribution in [0.25, 0.3) is 0 Å². The zero-order chi connectivity index (χ0) is 14.1. The first-order chi connectivity index (χ1) is 9.21. The summed E-state index contributed by atoms with van der Waals surface area (Å²) < 4.78 is 0. The fraction of sp³-hybridized carbons (Fsp3) is 1.00. The highest BCUT2D eigenvalue weighted by molar-refractivity contribution is 9.09. The summed E-state index contributed by atoms with van der Waals surface area (Å²) >= 11 is 3.78. The average Bonchev–Trinajstić information content (AvgIpc) is 2.42. The summed E-state index contributed by atoms with van der Waals surface area (Å²) in [5.41, 5.74) is 0.439. The summed E-state index contributed by atoms with van der Waals surface area (Å²) in [6.45, 7) is 7.38. The Bertz CT molecular complexity index is 227. The maximum absolute atomic E-state index is 9.26. The average molecular weight is 334 g/mol. The van der Waals surface area contributed by atoms with Crippen molar-refractivity contribution in [1.29, 1.82) is 0 Å². The number of rotatable bonds is 9. The maximum Gasteiger partial charge on any atom is 0.0445 e. The fourth-order valence-corrected chi connectivity index (χ4v) is 4.43. The summed E-state index contributed by atoms with van der Waals surface area (Å²) in [6.07, 6.45) is 10.1. The Hall–Kier alpha value is 0.400. The Morgan fingerprint density at radius 1 is 1.21 bits per heavy atom. The van der Waals surface area contributed by atoms with Crippen LogP contribution in [0.1, 0.15) is 65.2 Å². The molecule has 1 unspecified atom stereocenters. The molecule has 0 radical (unpaired) electrons. The zero-order valence-electron chi connectivity index (χ0n) is 12.8. The van der Waals surface area contributed by atoms with Crippen molar-refractivity contribution >= 4 is 15.9 Å². The molecule has 0 amide bonds. The molecule has 1 heterocycles. The number of aliphatic hydroxyl groups excluding tert-OH is 1. The zero-order valence-corrected chi connectivity index (χ0v) is 14.4. The number of hydrogen-bond donors (Lipinski definition) is 1. The second-order valence-electron chi connectivity index (χ2n) is 6.27. The van der Waals surface area contributed by atoms with Gasteiger partial charge in [0.2, 0.25) is 0 Å². The van der Waals surface area contributed by atoms with Crippen LogP contribution in [0.3, 0.4) is 0 Å². The first kappa shape index (κ1) is 17.5. The van der Waals surface area contributed by atoms with E-state index in [1.807, 2.05) is 0 Å². The third-order valence-corrected chi connectivity index (χ3v) is 5.78. The van der Waals surface area contributed by atoms with Crippen LogP contribution in [0.2, 0.25) is 0 Å². The molecule has 114 valence electrons. The van der Waals surface area contributed by atoms with E-state index in [2.05, 4.69) is 34.7 Å². The minimum atomic E-state index is 0.337. The van der Waals surface area contributed by atoms with Gasteiger partial charge in [0.15, 0.2) is 0 Å². The van der Waals surface area contributed by atoms with Gasteiger partial charge < -0.3 is 5.11 Å². The van der Waals surface area contributed by atoms with Crippen molar-refractivity contribution in [2.75, 3.05) is 25.0 Å². The molecule has 0 aromatic heterocycles. The van der Waals surface area contributed by atoms with E-state index < -0.39 is 0 Å². The second kappa shape index (κ2) is 9.36. The second-order valence-corrected chi connectivity index (χ2v) is 6.83. The summed E-state index contributed by atoms with van der Waals surface area (Å²) in [5, 5.41) is 10.4. The lowest BCUT2D eigenvalue weighted by Crippen LogP contribution is -2.47. The molecule has 0 aromatic rings. The third-order valence-electron chi connectivity index (χ3n) is 4.59. The molecular weight excluding hydrogens is 302 g/mol. The Balaban J connectivity index is 2.68. The Kier molecular flexibility index (Phi) is 8.59. The van der Waals surface area contributed by atoms with E-state index in [1.165, 1.54) is 58.0 Å². The van der Waals surface area contributed by atoms with E-state index >= 15 is 0 Å². The van der Waals surface area contributed by atoms with Gasteiger partial charge in [0.05, 0.1) is 0 Å². The quantitative estimate of drug-likeness (QED) is 0.639. The summed E-state index contributed by atoms with van der Waals surface area (Å²) in [4.78, 5) is 2.67. The predicted molar refractivity (Wildman–Crippen MR) is 87.0 cm³/mol. The first-order valence-electron chi connectivity index (χ1n) is 8.12. The molecule has 0 aliphatic carbocycles. The minimum absolute atomic E-state index is 0.337. The van der Waals surface area contributed by atoms with Crippen LogP contribution in [0.15, 0.2) is 0 Å². The van der Waals surface area contributed by atoms with Crippen LogP contribution in [0.4, 0.5) is 0 Å². The van der Waals surface area contributed by atoms with Gasteiger partial charge in [-0.1, -0.05) is 49.0 Å². The number of nitrogens with zero attached hydrogens (tertiary/aromatic N) is 1. The lowest BCUT2D eigenvalue weighted by molar-refractivity contribution is 0.0662. The Morgan fingerprint density at radius 3 is 2.42 bits per heavy atom. The van der Waals surface area contributed by atoms with Gasteiger partial charge in [-0.05, 0) is 44.1 Å². The van der Waals surface area contributed by atoms with Crippen molar-refractivity contribution in [3.05, 3.63) is 0 Å². The molecule has 2 nitrogen and oxygen atoms in total. The van der Waals surface area contributed by atoms with Gasteiger partial charge in [-0.25, -0.2) is 0 Å². The minimum Gasteiger partial charge on any atom is -0.396 e. The van der Waals surface area contributed by atoms with Crippen LogP contribution in [-0.2, 0) is 0 Å². The molecule has 1 aliphatic heterocycles. The van der Waals surface area contributed by atoms with Gasteiger partial charge in [0, 0.05) is 24.5 Å². The molecule has 0 bridgehead atoms. The molecular formula is C16H32BrNO. The van der Waals surface area contributed by atoms with Gasteiger partial charge in [-0.15, -0.1) is 0 Å². The third kappa shape index (κ3) is 5.35. The van der Waals surface area contributed by atoms with Crippen LogP contribution in [-0.4, -0.2) is 41.1 Å². The fourth-order valence-electron chi connectivity index (χ4n) is 3.69. The van der Waals surface area contributed by atoms with Gasteiger partial charge in [-0.2, -0.15) is 0 Å². The van der Waals surface area contributed by atoms with E-state index in [0.29, 0.717) is 18.1 Å². The summed E-state index contributed by atoms with van der Waals surface area (Å²) in [5.74, 6) is 0. The number of likely N-dealkylation sites (tertiary alicyclic amines) is 1. The topological polar surface area (TPSA) is 23.5 Å². The molecule has 1 fully saturated rings. The monoisotopic (exact) mass is 333 g/mol. The lowest BCUT2D eigenvalue weighted by atomic mass is 9.79. The lowest BCUT2D eigenvalue weighted by Gasteiger charge is -2.43. The van der Waals surface area contributed by atoms with Crippen molar-refractivity contribution in [3.63, 3.8) is 0 Å². The van der Waals surface area contributed by atoms with Crippen molar-refractivity contribution in [3.8, 4) is 0 Å². The molecule has 19 heavy (non-hydrogen) atoms. The van der Waals surface area contributed by atoms with Crippen LogP contribution < -0.4 is 0 Å². The molecule has 1 N–H and O–H groups in total. The van der Waals surface area contributed by atoms with Gasteiger partial charge in [0.25, 0.3) is 0 Å². The summed E-state index contributed by atoms with van der Waals surface area (Å²) in [7, 11) is 0. The number of halogens is 1. The number of alkyl halides is 1. The van der Waals surface area contributed by atoms with E-state index in [4.69, 9.17) is 0 Å². The van der Waals surface area contributed by atoms with Crippen LogP contribution >= 0.6 is 15.9 Å². The van der Waals surface area contributed by atoms with E-state index in [1.54, 1.807) is 0 Å². The standard InChI is InChI=1S/C16H32BrNO/c1-3-9-16(13-17,10-4-2)14-18-11-6-5-7-15(18)8-12-19/h15,19H,3-14H2,1-2H3. The molecule has 1 saturated heterocycles. The SMILES string of the molecule is CCCC(CBr)(CCC)CN1CCCCC1CCO.